The molecule has 0 aliphatic rings. The Kier molecular flexibility index (Phi) is 3.00. The molecule has 0 unspecified atom stereocenters. The van der Waals surface area contributed by atoms with Crippen molar-refractivity contribution in [2.75, 3.05) is 6.61 Å². The molecule has 0 aliphatic carbocycles. The largest absolute Gasteiger partial charge is 0.462 e. The highest BCUT2D eigenvalue weighted by molar-refractivity contribution is 5.88. The average Bonchev–Trinajstić information content (AvgIpc) is 2.90. The lowest BCUT2D eigenvalue weighted by atomic mass is 10.4. The molecule has 0 aliphatic heterocycles. The zero-order valence-electron chi connectivity index (χ0n) is 8.79. The van der Waals surface area contributed by atoms with E-state index in [1.54, 1.807) is 30.1 Å². The van der Waals surface area contributed by atoms with E-state index in [1.165, 1.54) is 6.20 Å². The minimum absolute atomic E-state index is 0.353. The summed E-state index contributed by atoms with van der Waals surface area (Å²) in [7, 11) is 0. The Morgan fingerprint density at radius 1 is 1.62 bits per heavy atom. The Morgan fingerprint density at radius 3 is 3.19 bits per heavy atom. The Labute approximate surface area is 91.8 Å². The van der Waals surface area contributed by atoms with Gasteiger partial charge in [0.05, 0.1) is 24.6 Å². The number of rotatable bonds is 4. The molecule has 0 amide bonds. The fourth-order valence-corrected chi connectivity index (χ4v) is 1.25. The van der Waals surface area contributed by atoms with E-state index in [9.17, 15) is 4.79 Å². The summed E-state index contributed by atoms with van der Waals surface area (Å²) in [4.78, 5) is 11.3. The third-order valence-corrected chi connectivity index (χ3v) is 1.95. The van der Waals surface area contributed by atoms with E-state index in [0.717, 1.165) is 0 Å². The van der Waals surface area contributed by atoms with Gasteiger partial charge in [-0.25, -0.2) is 4.79 Å². The predicted octanol–water partition coefficient (Wildman–Crippen LogP) is 1.10. The molecule has 2 heterocycles. The molecule has 6 nitrogen and oxygen atoms in total. The number of ether oxygens (including phenoxy) is 1. The van der Waals surface area contributed by atoms with Crippen LogP contribution in [0.2, 0.25) is 0 Å². The predicted molar refractivity (Wildman–Crippen MR) is 53.8 cm³/mol. The first-order valence-electron chi connectivity index (χ1n) is 4.88. The van der Waals surface area contributed by atoms with Gasteiger partial charge in [0.2, 0.25) is 0 Å². The fraction of sp³-hybridized carbons (Fsp3) is 0.300. The van der Waals surface area contributed by atoms with Crippen LogP contribution >= 0.6 is 0 Å². The molecule has 0 aromatic carbocycles. The minimum Gasteiger partial charge on any atom is -0.462 e. The van der Waals surface area contributed by atoms with Gasteiger partial charge in [-0.15, -0.1) is 0 Å². The zero-order chi connectivity index (χ0) is 11.4. The molecule has 84 valence electrons. The van der Waals surface area contributed by atoms with Crippen molar-refractivity contribution >= 4 is 5.97 Å². The smallest absolute Gasteiger partial charge is 0.341 e. The molecule has 0 bridgehead atoms. The second kappa shape index (κ2) is 4.61. The van der Waals surface area contributed by atoms with Gasteiger partial charge in [0.25, 0.3) is 0 Å². The van der Waals surface area contributed by atoms with Gasteiger partial charge in [0, 0.05) is 12.3 Å². The molecule has 2 aromatic heterocycles. The second-order valence-electron chi connectivity index (χ2n) is 3.13. The third-order valence-electron chi connectivity index (χ3n) is 1.95. The van der Waals surface area contributed by atoms with Crippen molar-refractivity contribution in [3.8, 4) is 0 Å². The van der Waals surface area contributed by atoms with E-state index in [0.29, 0.717) is 24.5 Å². The summed E-state index contributed by atoms with van der Waals surface area (Å²) in [6, 6.07) is 1.74. The molecule has 0 fully saturated rings. The molecule has 6 heteroatoms. The normalized spacial score (nSPS) is 10.3. The number of nitrogens with zero attached hydrogens (tertiary/aromatic N) is 3. The Bertz CT molecular complexity index is 461. The zero-order valence-corrected chi connectivity index (χ0v) is 8.79. The lowest BCUT2D eigenvalue weighted by Crippen LogP contribution is -2.03. The van der Waals surface area contributed by atoms with Crippen LogP contribution < -0.4 is 0 Å². The Morgan fingerprint density at radius 2 is 2.50 bits per heavy atom. The fourth-order valence-electron chi connectivity index (χ4n) is 1.25. The molecule has 0 spiro atoms. The van der Waals surface area contributed by atoms with Crippen LogP contribution in [0.1, 0.15) is 23.0 Å². The van der Waals surface area contributed by atoms with Gasteiger partial charge in [-0.3, -0.25) is 4.68 Å². The van der Waals surface area contributed by atoms with E-state index in [1.807, 2.05) is 0 Å². The van der Waals surface area contributed by atoms with Crippen LogP contribution in [0.4, 0.5) is 0 Å². The first kappa shape index (κ1) is 10.4. The number of carbonyl (C=O) groups is 1. The summed E-state index contributed by atoms with van der Waals surface area (Å²) in [6.45, 7) is 2.56. The van der Waals surface area contributed by atoms with Gasteiger partial charge >= 0.3 is 5.97 Å². The first-order valence-corrected chi connectivity index (χ1v) is 4.88. The van der Waals surface area contributed by atoms with Crippen LogP contribution in [0.15, 0.2) is 29.2 Å². The number of aromatic nitrogens is 3. The van der Waals surface area contributed by atoms with Crippen molar-refractivity contribution in [2.24, 2.45) is 0 Å². The van der Waals surface area contributed by atoms with Crippen LogP contribution in [0.5, 0.6) is 0 Å². The molecule has 0 N–H and O–H groups in total. The summed E-state index contributed by atoms with van der Waals surface area (Å²) in [5.41, 5.74) is 0.432. The third kappa shape index (κ3) is 2.28. The van der Waals surface area contributed by atoms with Gasteiger partial charge in [0.1, 0.15) is 6.54 Å². The maximum absolute atomic E-state index is 11.3. The molecule has 0 saturated carbocycles. The molecule has 0 saturated heterocycles. The monoisotopic (exact) mass is 221 g/mol. The molecule has 0 atom stereocenters. The minimum atomic E-state index is -0.369. The summed E-state index contributed by atoms with van der Waals surface area (Å²) >= 11 is 0. The van der Waals surface area contributed by atoms with Gasteiger partial charge in [0.15, 0.2) is 5.76 Å². The van der Waals surface area contributed by atoms with Crippen LogP contribution in [0, 0.1) is 0 Å². The number of hydrogen-bond acceptors (Lipinski definition) is 5. The first-order chi connectivity index (χ1) is 7.79. The SMILES string of the molecule is CCOC(=O)c1cnn(Cc2ccno2)c1. The number of hydrogen-bond donors (Lipinski definition) is 0. The average molecular weight is 221 g/mol. The van der Waals surface area contributed by atoms with Crippen molar-refractivity contribution in [1.29, 1.82) is 0 Å². The molecule has 2 aromatic rings. The maximum atomic E-state index is 11.3. The summed E-state index contributed by atoms with van der Waals surface area (Å²) in [5, 5.41) is 7.60. The lowest BCUT2D eigenvalue weighted by Gasteiger charge is -1.97. The van der Waals surface area contributed by atoms with Gasteiger partial charge < -0.3 is 9.26 Å². The second-order valence-corrected chi connectivity index (χ2v) is 3.13. The summed E-state index contributed by atoms with van der Waals surface area (Å²) in [5.74, 6) is 0.310. The summed E-state index contributed by atoms with van der Waals surface area (Å²) < 4.78 is 11.4. The van der Waals surface area contributed by atoms with Gasteiger partial charge in [-0.2, -0.15) is 5.10 Å². The number of esters is 1. The van der Waals surface area contributed by atoms with E-state index < -0.39 is 0 Å². The molecule has 2 rings (SSSR count). The standard InChI is InChI=1S/C10H11N3O3/c1-2-15-10(14)8-5-11-13(6-8)7-9-3-4-12-16-9/h3-6H,2,7H2,1H3. The summed E-state index contributed by atoms with van der Waals surface area (Å²) in [6.07, 6.45) is 4.64. The van der Waals surface area contributed by atoms with Crippen LogP contribution in [0.3, 0.4) is 0 Å². The van der Waals surface area contributed by atoms with Crippen LogP contribution in [0.25, 0.3) is 0 Å². The van der Waals surface area contributed by atoms with Crippen molar-refractivity contribution in [1.82, 2.24) is 14.9 Å². The maximum Gasteiger partial charge on any atom is 0.341 e. The van der Waals surface area contributed by atoms with Crippen molar-refractivity contribution < 1.29 is 14.1 Å². The molecular formula is C10H11N3O3. The molecule has 0 radical (unpaired) electrons. The van der Waals surface area contributed by atoms with Crippen molar-refractivity contribution in [3.05, 3.63) is 36.0 Å². The Balaban J connectivity index is 2.05. The van der Waals surface area contributed by atoms with Crippen molar-refractivity contribution in [2.45, 2.75) is 13.5 Å². The molecular weight excluding hydrogens is 210 g/mol. The highest BCUT2D eigenvalue weighted by atomic mass is 16.5. The topological polar surface area (TPSA) is 70.2 Å². The van der Waals surface area contributed by atoms with Gasteiger partial charge in [-0.1, -0.05) is 5.16 Å². The van der Waals surface area contributed by atoms with E-state index in [-0.39, 0.29) is 5.97 Å². The van der Waals surface area contributed by atoms with Crippen molar-refractivity contribution in [3.63, 3.8) is 0 Å². The van der Waals surface area contributed by atoms with Gasteiger partial charge in [-0.05, 0) is 6.92 Å². The lowest BCUT2D eigenvalue weighted by molar-refractivity contribution is 0.0526. The quantitative estimate of drug-likeness (QED) is 0.723. The van der Waals surface area contributed by atoms with E-state index in [4.69, 9.17) is 9.26 Å². The Hall–Kier alpha value is -2.11. The number of carbonyl (C=O) groups excluding carboxylic acids is 1. The van der Waals surface area contributed by atoms with Crippen LogP contribution in [-0.4, -0.2) is 27.5 Å². The molecule has 16 heavy (non-hydrogen) atoms. The highest BCUT2D eigenvalue weighted by Crippen LogP contribution is 2.04. The van der Waals surface area contributed by atoms with Crippen LogP contribution in [-0.2, 0) is 11.3 Å². The highest BCUT2D eigenvalue weighted by Gasteiger charge is 2.09. The van der Waals surface area contributed by atoms with E-state index >= 15 is 0 Å². The van der Waals surface area contributed by atoms with E-state index in [2.05, 4.69) is 10.3 Å².